The number of esters is 1. The van der Waals surface area contributed by atoms with Gasteiger partial charge in [0.25, 0.3) is 0 Å². The second-order valence-corrected chi connectivity index (χ2v) is 7.14. The van der Waals surface area contributed by atoms with Crippen molar-refractivity contribution < 1.29 is 14.3 Å². The summed E-state index contributed by atoms with van der Waals surface area (Å²) in [6.07, 6.45) is 3.85. The molecule has 2 aliphatic rings. The standard InChI is InChI=1S/C16H22N2O3S/c1-3-21-16(20)13-11-7-8-18(2)9-12(11)22-15(13)17-14(19)10-5-4-6-10/h10H,3-9H2,1-2H3,(H,17,19). The Kier molecular flexibility index (Phi) is 4.49. The molecule has 0 aromatic carbocycles. The molecule has 120 valence electrons. The van der Waals surface area contributed by atoms with Crippen LogP contribution in [-0.4, -0.2) is 37.0 Å². The number of fused-ring (bicyclic) bond motifs is 1. The van der Waals surface area contributed by atoms with Gasteiger partial charge in [0.15, 0.2) is 0 Å². The van der Waals surface area contributed by atoms with Crippen molar-refractivity contribution in [1.29, 1.82) is 0 Å². The number of carbonyl (C=O) groups is 2. The lowest BCUT2D eigenvalue weighted by Crippen LogP contribution is -2.28. The Balaban J connectivity index is 1.89. The van der Waals surface area contributed by atoms with E-state index < -0.39 is 0 Å². The number of hydrogen-bond acceptors (Lipinski definition) is 5. The van der Waals surface area contributed by atoms with E-state index in [-0.39, 0.29) is 17.8 Å². The Morgan fingerprint density at radius 3 is 2.82 bits per heavy atom. The van der Waals surface area contributed by atoms with E-state index in [1.165, 1.54) is 16.2 Å². The topological polar surface area (TPSA) is 58.6 Å². The molecular weight excluding hydrogens is 300 g/mol. The molecule has 22 heavy (non-hydrogen) atoms. The second-order valence-electron chi connectivity index (χ2n) is 6.03. The minimum Gasteiger partial charge on any atom is -0.462 e. The van der Waals surface area contributed by atoms with Gasteiger partial charge in [-0.2, -0.15) is 0 Å². The molecule has 1 saturated carbocycles. The Morgan fingerprint density at radius 1 is 1.41 bits per heavy atom. The summed E-state index contributed by atoms with van der Waals surface area (Å²) in [4.78, 5) is 28.0. The molecule has 0 unspecified atom stereocenters. The molecule has 1 amide bonds. The van der Waals surface area contributed by atoms with Gasteiger partial charge < -0.3 is 15.0 Å². The molecule has 1 aromatic rings. The van der Waals surface area contributed by atoms with Gasteiger partial charge >= 0.3 is 5.97 Å². The molecular formula is C16H22N2O3S. The van der Waals surface area contributed by atoms with Crippen LogP contribution in [0.2, 0.25) is 0 Å². The van der Waals surface area contributed by atoms with Crippen LogP contribution >= 0.6 is 11.3 Å². The number of nitrogens with one attached hydrogen (secondary N) is 1. The molecule has 1 aromatic heterocycles. The monoisotopic (exact) mass is 322 g/mol. The van der Waals surface area contributed by atoms with E-state index in [9.17, 15) is 9.59 Å². The maximum Gasteiger partial charge on any atom is 0.341 e. The van der Waals surface area contributed by atoms with Crippen LogP contribution in [0.4, 0.5) is 5.00 Å². The highest BCUT2D eigenvalue weighted by molar-refractivity contribution is 7.17. The van der Waals surface area contributed by atoms with Crippen molar-refractivity contribution in [3.05, 3.63) is 16.0 Å². The summed E-state index contributed by atoms with van der Waals surface area (Å²) in [6, 6.07) is 0. The van der Waals surface area contributed by atoms with E-state index in [0.29, 0.717) is 17.2 Å². The number of rotatable bonds is 4. The molecule has 0 bridgehead atoms. The first kappa shape index (κ1) is 15.5. The summed E-state index contributed by atoms with van der Waals surface area (Å²) >= 11 is 1.53. The summed E-state index contributed by atoms with van der Waals surface area (Å²) in [5, 5.41) is 3.66. The largest absolute Gasteiger partial charge is 0.462 e. The highest BCUT2D eigenvalue weighted by atomic mass is 32.1. The van der Waals surface area contributed by atoms with Gasteiger partial charge in [-0.05, 0) is 38.8 Å². The van der Waals surface area contributed by atoms with Gasteiger partial charge in [-0.15, -0.1) is 11.3 Å². The third-order valence-corrected chi connectivity index (χ3v) is 5.57. The molecule has 6 heteroatoms. The molecule has 0 saturated heterocycles. The van der Waals surface area contributed by atoms with Gasteiger partial charge in [0.05, 0.1) is 12.2 Å². The smallest absolute Gasteiger partial charge is 0.341 e. The van der Waals surface area contributed by atoms with Crippen molar-refractivity contribution >= 4 is 28.2 Å². The summed E-state index contributed by atoms with van der Waals surface area (Å²) in [5.41, 5.74) is 1.65. The minimum absolute atomic E-state index is 0.0451. The quantitative estimate of drug-likeness (QED) is 0.866. The van der Waals surface area contributed by atoms with Crippen LogP contribution in [0.15, 0.2) is 0 Å². The third kappa shape index (κ3) is 2.90. The molecule has 5 nitrogen and oxygen atoms in total. The molecule has 2 heterocycles. The second kappa shape index (κ2) is 6.38. The van der Waals surface area contributed by atoms with Gasteiger partial charge in [0.2, 0.25) is 5.91 Å². The van der Waals surface area contributed by atoms with Crippen LogP contribution in [0, 0.1) is 5.92 Å². The predicted octanol–water partition coefficient (Wildman–Crippen LogP) is 2.65. The number of anilines is 1. The highest BCUT2D eigenvalue weighted by Crippen LogP contribution is 2.38. The van der Waals surface area contributed by atoms with Gasteiger partial charge in [-0.3, -0.25) is 4.79 Å². The summed E-state index contributed by atoms with van der Waals surface area (Å²) < 4.78 is 5.21. The SMILES string of the molecule is CCOC(=O)c1c(NC(=O)C2CCC2)sc2c1CCN(C)C2. The van der Waals surface area contributed by atoms with Crippen molar-refractivity contribution in [3.63, 3.8) is 0 Å². The number of thiophene rings is 1. The highest BCUT2D eigenvalue weighted by Gasteiger charge is 2.31. The molecule has 1 aliphatic heterocycles. The number of carbonyl (C=O) groups excluding carboxylic acids is 2. The summed E-state index contributed by atoms with van der Waals surface area (Å²) in [5.74, 6) is -0.158. The van der Waals surface area contributed by atoms with Crippen LogP contribution in [0.3, 0.4) is 0 Å². The Morgan fingerprint density at radius 2 is 2.18 bits per heavy atom. The van der Waals surface area contributed by atoms with Crippen molar-refractivity contribution in [2.45, 2.75) is 39.2 Å². The Labute approximate surface area is 134 Å². The molecule has 1 aliphatic carbocycles. The normalized spacial score (nSPS) is 18.5. The van der Waals surface area contributed by atoms with Crippen LogP contribution < -0.4 is 5.32 Å². The zero-order chi connectivity index (χ0) is 15.7. The predicted molar refractivity (Wildman–Crippen MR) is 86.3 cm³/mol. The molecule has 0 spiro atoms. The van der Waals surface area contributed by atoms with E-state index in [1.54, 1.807) is 6.92 Å². The summed E-state index contributed by atoms with van der Waals surface area (Å²) in [6.45, 7) is 3.90. The Bertz CT molecular complexity index is 592. The first-order chi connectivity index (χ1) is 10.6. The van der Waals surface area contributed by atoms with E-state index >= 15 is 0 Å². The lowest BCUT2D eigenvalue weighted by atomic mass is 9.85. The van der Waals surface area contributed by atoms with Gasteiger partial charge in [0, 0.05) is 23.9 Å². The fraction of sp³-hybridized carbons (Fsp3) is 0.625. The molecule has 1 N–H and O–H groups in total. The fourth-order valence-electron chi connectivity index (χ4n) is 2.92. The van der Waals surface area contributed by atoms with Crippen LogP contribution in [0.5, 0.6) is 0 Å². The van der Waals surface area contributed by atoms with Crippen LogP contribution in [0.1, 0.15) is 47.0 Å². The van der Waals surface area contributed by atoms with Gasteiger partial charge in [-0.1, -0.05) is 6.42 Å². The van der Waals surface area contributed by atoms with E-state index in [4.69, 9.17) is 4.74 Å². The molecule has 1 fully saturated rings. The van der Waals surface area contributed by atoms with E-state index in [1.807, 2.05) is 0 Å². The first-order valence-corrected chi connectivity index (χ1v) is 8.72. The lowest BCUT2D eigenvalue weighted by molar-refractivity contribution is -0.122. The molecule has 0 atom stereocenters. The first-order valence-electron chi connectivity index (χ1n) is 7.91. The number of hydrogen-bond donors (Lipinski definition) is 1. The van der Waals surface area contributed by atoms with Crippen molar-refractivity contribution in [3.8, 4) is 0 Å². The van der Waals surface area contributed by atoms with Crippen molar-refractivity contribution in [2.75, 3.05) is 25.5 Å². The van der Waals surface area contributed by atoms with Crippen LogP contribution in [-0.2, 0) is 22.5 Å². The minimum atomic E-state index is -0.312. The molecule has 3 rings (SSSR count). The van der Waals surface area contributed by atoms with Gasteiger partial charge in [0.1, 0.15) is 5.00 Å². The average Bonchev–Trinajstić information content (AvgIpc) is 2.73. The maximum atomic E-state index is 12.3. The number of amides is 1. The number of nitrogens with zero attached hydrogens (tertiary/aromatic N) is 1. The Hall–Kier alpha value is -1.40. The zero-order valence-corrected chi connectivity index (χ0v) is 13.9. The summed E-state index contributed by atoms with van der Waals surface area (Å²) in [7, 11) is 2.07. The fourth-order valence-corrected chi connectivity index (χ4v) is 4.24. The van der Waals surface area contributed by atoms with Gasteiger partial charge in [-0.25, -0.2) is 4.79 Å². The maximum absolute atomic E-state index is 12.3. The van der Waals surface area contributed by atoms with Crippen LogP contribution in [0.25, 0.3) is 0 Å². The number of ether oxygens (including phenoxy) is 1. The number of likely N-dealkylation sites (N-methyl/N-ethyl adjacent to an activating group) is 1. The van der Waals surface area contributed by atoms with E-state index in [2.05, 4.69) is 17.3 Å². The zero-order valence-electron chi connectivity index (χ0n) is 13.1. The van der Waals surface area contributed by atoms with Crippen molar-refractivity contribution in [1.82, 2.24) is 4.90 Å². The van der Waals surface area contributed by atoms with Crippen molar-refractivity contribution in [2.24, 2.45) is 5.92 Å². The lowest BCUT2D eigenvalue weighted by Gasteiger charge is -2.24. The molecule has 0 radical (unpaired) electrons. The van der Waals surface area contributed by atoms with E-state index in [0.717, 1.165) is 44.3 Å². The average molecular weight is 322 g/mol. The third-order valence-electron chi connectivity index (χ3n) is 4.44.